The normalized spacial score (nSPS) is 15.7. The van der Waals surface area contributed by atoms with Crippen LogP contribution < -0.4 is 0 Å². The second-order valence-electron chi connectivity index (χ2n) is 5.12. The lowest BCUT2D eigenvalue weighted by Gasteiger charge is -2.29. The predicted octanol–water partition coefficient (Wildman–Crippen LogP) is 3.03. The maximum Gasteiger partial charge on any atom is 0.254 e. The van der Waals surface area contributed by atoms with Crippen LogP contribution in [0.25, 0.3) is 0 Å². The lowest BCUT2D eigenvalue weighted by atomic mass is 10.1. The van der Waals surface area contributed by atoms with E-state index in [4.69, 9.17) is 11.6 Å². The number of hydrogen-bond acceptors (Lipinski definition) is 2. The van der Waals surface area contributed by atoms with Crippen molar-refractivity contribution in [3.63, 3.8) is 0 Å². The summed E-state index contributed by atoms with van der Waals surface area (Å²) in [5.74, 6) is -0.0130. The summed E-state index contributed by atoms with van der Waals surface area (Å²) in [4.78, 5) is 14.5. The first kappa shape index (κ1) is 14.4. The monoisotopic (exact) mass is 281 g/mol. The summed E-state index contributed by atoms with van der Waals surface area (Å²) in [7, 11) is 0. The minimum absolute atomic E-state index is 0.00184. The largest absolute Gasteiger partial charge is 0.395 e. The SMILES string of the molecule is Cc1ccc(Cl)cc1C(=O)N(CCO)C1CCCC1. The van der Waals surface area contributed by atoms with Crippen LogP contribution in [0.4, 0.5) is 0 Å². The first-order chi connectivity index (χ1) is 9.13. The first-order valence-corrected chi connectivity index (χ1v) is 7.19. The van der Waals surface area contributed by atoms with Gasteiger partial charge in [-0.25, -0.2) is 0 Å². The number of aryl methyl sites for hydroxylation is 1. The van der Waals surface area contributed by atoms with Gasteiger partial charge in [0.05, 0.1) is 6.61 Å². The van der Waals surface area contributed by atoms with Crippen LogP contribution in [0.1, 0.15) is 41.6 Å². The Morgan fingerprint density at radius 3 is 2.74 bits per heavy atom. The van der Waals surface area contributed by atoms with Crippen molar-refractivity contribution in [3.05, 3.63) is 34.3 Å². The summed E-state index contributed by atoms with van der Waals surface area (Å²) in [6.07, 6.45) is 4.39. The van der Waals surface area contributed by atoms with Crippen molar-refractivity contribution in [2.45, 2.75) is 38.6 Å². The highest BCUT2D eigenvalue weighted by molar-refractivity contribution is 6.31. The fourth-order valence-electron chi connectivity index (χ4n) is 2.75. The molecule has 1 aromatic carbocycles. The van der Waals surface area contributed by atoms with Crippen LogP contribution in [0.3, 0.4) is 0 Å². The molecule has 1 aliphatic rings. The first-order valence-electron chi connectivity index (χ1n) is 6.81. The van der Waals surface area contributed by atoms with Gasteiger partial charge in [-0.1, -0.05) is 30.5 Å². The van der Waals surface area contributed by atoms with Gasteiger partial charge in [0.15, 0.2) is 0 Å². The molecule has 3 nitrogen and oxygen atoms in total. The molecule has 1 aromatic rings. The second-order valence-corrected chi connectivity index (χ2v) is 5.56. The summed E-state index contributed by atoms with van der Waals surface area (Å²) >= 11 is 5.98. The van der Waals surface area contributed by atoms with E-state index in [2.05, 4.69) is 0 Å². The highest BCUT2D eigenvalue weighted by Gasteiger charge is 2.27. The predicted molar refractivity (Wildman–Crippen MR) is 76.6 cm³/mol. The van der Waals surface area contributed by atoms with Crippen molar-refractivity contribution in [2.24, 2.45) is 0 Å². The molecule has 0 aromatic heterocycles. The zero-order valence-corrected chi connectivity index (χ0v) is 12.0. The maximum atomic E-state index is 12.7. The average molecular weight is 282 g/mol. The number of amides is 1. The third-order valence-corrected chi connectivity index (χ3v) is 4.03. The van der Waals surface area contributed by atoms with Gasteiger partial charge in [0.2, 0.25) is 0 Å². The van der Waals surface area contributed by atoms with E-state index >= 15 is 0 Å². The Hall–Kier alpha value is -1.06. The summed E-state index contributed by atoms with van der Waals surface area (Å²) in [6, 6.07) is 5.64. The van der Waals surface area contributed by atoms with E-state index in [0.29, 0.717) is 17.1 Å². The molecule has 0 spiro atoms. The van der Waals surface area contributed by atoms with Gasteiger partial charge in [-0.2, -0.15) is 0 Å². The van der Waals surface area contributed by atoms with E-state index < -0.39 is 0 Å². The minimum Gasteiger partial charge on any atom is -0.395 e. The topological polar surface area (TPSA) is 40.5 Å². The number of carbonyl (C=O) groups excluding carboxylic acids is 1. The van der Waals surface area contributed by atoms with Gasteiger partial charge in [-0.3, -0.25) is 4.79 Å². The van der Waals surface area contributed by atoms with Crippen LogP contribution in [0.5, 0.6) is 0 Å². The van der Waals surface area contributed by atoms with Crippen molar-refractivity contribution in [2.75, 3.05) is 13.2 Å². The van der Waals surface area contributed by atoms with Crippen LogP contribution in [-0.4, -0.2) is 35.1 Å². The van der Waals surface area contributed by atoms with E-state index in [1.165, 1.54) is 0 Å². The van der Waals surface area contributed by atoms with Gasteiger partial charge < -0.3 is 10.0 Å². The van der Waals surface area contributed by atoms with E-state index in [0.717, 1.165) is 31.2 Å². The van der Waals surface area contributed by atoms with Crippen LogP contribution in [0.15, 0.2) is 18.2 Å². The number of benzene rings is 1. The Balaban J connectivity index is 2.25. The number of halogens is 1. The number of carbonyl (C=O) groups is 1. The number of aliphatic hydroxyl groups excluding tert-OH is 1. The number of rotatable bonds is 4. The van der Waals surface area contributed by atoms with Gasteiger partial charge in [0.25, 0.3) is 5.91 Å². The zero-order valence-electron chi connectivity index (χ0n) is 11.2. The van der Waals surface area contributed by atoms with E-state index in [1.807, 2.05) is 17.9 Å². The summed E-state index contributed by atoms with van der Waals surface area (Å²) in [5.41, 5.74) is 1.57. The average Bonchev–Trinajstić information content (AvgIpc) is 2.92. The van der Waals surface area contributed by atoms with Crippen molar-refractivity contribution in [1.82, 2.24) is 4.90 Å². The van der Waals surface area contributed by atoms with Gasteiger partial charge in [0.1, 0.15) is 0 Å². The molecule has 0 atom stereocenters. The fraction of sp³-hybridized carbons (Fsp3) is 0.533. The minimum atomic E-state index is -0.0130. The zero-order chi connectivity index (χ0) is 13.8. The molecule has 0 unspecified atom stereocenters. The lowest BCUT2D eigenvalue weighted by Crippen LogP contribution is -2.41. The Morgan fingerprint density at radius 2 is 2.11 bits per heavy atom. The molecule has 0 aliphatic heterocycles. The van der Waals surface area contributed by atoms with E-state index in [1.54, 1.807) is 12.1 Å². The van der Waals surface area contributed by atoms with Gasteiger partial charge in [0, 0.05) is 23.2 Å². The van der Waals surface area contributed by atoms with E-state index in [9.17, 15) is 9.90 Å². The molecule has 104 valence electrons. The second kappa shape index (κ2) is 6.40. The molecule has 1 saturated carbocycles. The van der Waals surface area contributed by atoms with Crippen molar-refractivity contribution in [3.8, 4) is 0 Å². The summed E-state index contributed by atoms with van der Waals surface area (Å²) in [5, 5.41) is 9.77. The third kappa shape index (κ3) is 3.28. The molecule has 0 bridgehead atoms. The molecule has 0 radical (unpaired) electrons. The number of aliphatic hydroxyl groups is 1. The van der Waals surface area contributed by atoms with Crippen LogP contribution >= 0.6 is 11.6 Å². The number of nitrogens with zero attached hydrogens (tertiary/aromatic N) is 1. The highest BCUT2D eigenvalue weighted by atomic mass is 35.5. The van der Waals surface area contributed by atoms with Crippen molar-refractivity contribution < 1.29 is 9.90 Å². The van der Waals surface area contributed by atoms with Gasteiger partial charge in [-0.15, -0.1) is 0 Å². The fourth-order valence-corrected chi connectivity index (χ4v) is 2.93. The van der Waals surface area contributed by atoms with Crippen LogP contribution in [0.2, 0.25) is 5.02 Å². The molecule has 0 heterocycles. The molecule has 1 amide bonds. The highest BCUT2D eigenvalue weighted by Crippen LogP contribution is 2.26. The Morgan fingerprint density at radius 1 is 1.42 bits per heavy atom. The molecule has 4 heteroatoms. The van der Waals surface area contributed by atoms with E-state index in [-0.39, 0.29) is 18.6 Å². The van der Waals surface area contributed by atoms with Crippen molar-refractivity contribution >= 4 is 17.5 Å². The van der Waals surface area contributed by atoms with Crippen molar-refractivity contribution in [1.29, 1.82) is 0 Å². The maximum absolute atomic E-state index is 12.7. The van der Waals surface area contributed by atoms with Gasteiger partial charge in [-0.05, 0) is 37.5 Å². The van der Waals surface area contributed by atoms with Gasteiger partial charge >= 0.3 is 0 Å². The Kier molecular flexibility index (Phi) is 4.83. The third-order valence-electron chi connectivity index (χ3n) is 3.80. The number of hydrogen-bond donors (Lipinski definition) is 1. The molecule has 1 fully saturated rings. The van der Waals surface area contributed by atoms with Crippen LogP contribution in [0, 0.1) is 6.92 Å². The molecule has 2 rings (SSSR count). The Bertz CT molecular complexity index is 455. The quantitative estimate of drug-likeness (QED) is 0.922. The molecule has 1 N–H and O–H groups in total. The summed E-state index contributed by atoms with van der Waals surface area (Å²) < 4.78 is 0. The Labute approximate surface area is 119 Å². The molecule has 19 heavy (non-hydrogen) atoms. The standard InChI is InChI=1S/C15H20ClNO2/c1-11-6-7-12(16)10-14(11)15(19)17(8-9-18)13-4-2-3-5-13/h6-7,10,13,18H,2-5,8-9H2,1H3. The molecular formula is C15H20ClNO2. The summed E-state index contributed by atoms with van der Waals surface area (Å²) in [6.45, 7) is 2.31. The molecular weight excluding hydrogens is 262 g/mol. The van der Waals surface area contributed by atoms with Crippen LogP contribution in [-0.2, 0) is 0 Å². The molecule has 1 aliphatic carbocycles. The molecule has 0 saturated heterocycles. The smallest absolute Gasteiger partial charge is 0.254 e. The lowest BCUT2D eigenvalue weighted by molar-refractivity contribution is 0.0637.